The van der Waals surface area contributed by atoms with Gasteiger partial charge in [-0.1, -0.05) is 36.8 Å². The maximum Gasteiger partial charge on any atom is 0.0102 e. The molecule has 3 rings (SSSR count). The highest BCUT2D eigenvalue weighted by Crippen LogP contribution is 2.35. The molecule has 2 saturated heterocycles. The van der Waals surface area contributed by atoms with Crippen molar-refractivity contribution in [3.05, 3.63) is 35.9 Å². The lowest BCUT2D eigenvalue weighted by atomic mass is 9.94. The molecule has 0 aliphatic carbocycles. The second kappa shape index (κ2) is 3.97. The Labute approximate surface area is 92.1 Å². The zero-order valence-corrected chi connectivity index (χ0v) is 9.23. The van der Waals surface area contributed by atoms with Crippen molar-refractivity contribution in [3.63, 3.8) is 0 Å². The van der Waals surface area contributed by atoms with Crippen LogP contribution < -0.4 is 0 Å². The van der Waals surface area contributed by atoms with Crippen molar-refractivity contribution >= 4 is 0 Å². The van der Waals surface area contributed by atoms with E-state index < -0.39 is 0 Å². The third-order valence-electron chi connectivity index (χ3n) is 4.03. The molecule has 0 N–H and O–H groups in total. The molecule has 0 aromatic heterocycles. The molecule has 1 aromatic carbocycles. The predicted octanol–water partition coefficient (Wildman–Crippen LogP) is 3.03. The van der Waals surface area contributed by atoms with Crippen molar-refractivity contribution in [1.82, 2.24) is 4.90 Å². The standard InChI is InChI=1S/C14H19N/c1-2-6-12(7-3-1)13-10-14-8-4-5-9-15(14)11-13/h1-3,6-7,13-14H,4-5,8-11H2/t13-,14-/m1/s1. The van der Waals surface area contributed by atoms with Crippen molar-refractivity contribution in [3.8, 4) is 0 Å². The Morgan fingerprint density at radius 2 is 1.93 bits per heavy atom. The van der Waals surface area contributed by atoms with Gasteiger partial charge in [0.25, 0.3) is 0 Å². The first-order valence-corrected chi connectivity index (χ1v) is 6.22. The van der Waals surface area contributed by atoms with Gasteiger partial charge in [0, 0.05) is 12.6 Å². The minimum absolute atomic E-state index is 0.800. The van der Waals surface area contributed by atoms with Crippen LogP contribution in [0.4, 0.5) is 0 Å². The van der Waals surface area contributed by atoms with Crippen LogP contribution in [0.3, 0.4) is 0 Å². The SMILES string of the molecule is c1ccc([C@@H]2C[C@H]3CCCCN3C2)cc1. The van der Waals surface area contributed by atoms with E-state index in [-0.39, 0.29) is 0 Å². The highest BCUT2D eigenvalue weighted by Gasteiger charge is 2.33. The van der Waals surface area contributed by atoms with E-state index in [1.165, 1.54) is 38.8 Å². The topological polar surface area (TPSA) is 3.24 Å². The quantitative estimate of drug-likeness (QED) is 0.675. The largest absolute Gasteiger partial charge is 0.300 e. The summed E-state index contributed by atoms with van der Waals surface area (Å²) in [7, 11) is 0. The van der Waals surface area contributed by atoms with E-state index in [4.69, 9.17) is 0 Å². The van der Waals surface area contributed by atoms with E-state index in [1.807, 2.05) is 0 Å². The lowest BCUT2D eigenvalue weighted by Crippen LogP contribution is -2.33. The molecule has 0 bridgehead atoms. The van der Waals surface area contributed by atoms with Gasteiger partial charge in [-0.3, -0.25) is 4.90 Å². The third kappa shape index (κ3) is 1.81. The molecule has 0 radical (unpaired) electrons. The predicted molar refractivity (Wildman–Crippen MR) is 63.0 cm³/mol. The summed E-state index contributed by atoms with van der Waals surface area (Å²) in [4.78, 5) is 2.71. The average Bonchev–Trinajstić information content (AvgIpc) is 2.74. The summed E-state index contributed by atoms with van der Waals surface area (Å²) >= 11 is 0. The molecular formula is C14H19N. The van der Waals surface area contributed by atoms with E-state index in [2.05, 4.69) is 35.2 Å². The van der Waals surface area contributed by atoms with Crippen molar-refractivity contribution in [2.24, 2.45) is 0 Å². The van der Waals surface area contributed by atoms with E-state index in [0.717, 1.165) is 12.0 Å². The molecule has 0 spiro atoms. The van der Waals surface area contributed by atoms with Crippen LogP contribution in [-0.2, 0) is 0 Å². The molecular weight excluding hydrogens is 182 g/mol. The Balaban J connectivity index is 1.75. The van der Waals surface area contributed by atoms with Crippen LogP contribution in [0.25, 0.3) is 0 Å². The number of hydrogen-bond donors (Lipinski definition) is 0. The van der Waals surface area contributed by atoms with Gasteiger partial charge in [0.15, 0.2) is 0 Å². The number of nitrogens with zero attached hydrogens (tertiary/aromatic N) is 1. The smallest absolute Gasteiger partial charge is 0.0102 e. The zero-order valence-electron chi connectivity index (χ0n) is 9.23. The molecule has 0 amide bonds. The number of piperidine rings is 1. The molecule has 2 aliphatic rings. The van der Waals surface area contributed by atoms with Crippen molar-refractivity contribution in [2.45, 2.75) is 37.6 Å². The fourth-order valence-electron chi connectivity index (χ4n) is 3.22. The van der Waals surface area contributed by atoms with Gasteiger partial charge in [0.1, 0.15) is 0 Å². The summed E-state index contributed by atoms with van der Waals surface area (Å²) in [6.07, 6.45) is 5.69. The Bertz CT molecular complexity index is 305. The molecule has 2 atom stereocenters. The maximum absolute atomic E-state index is 2.71. The minimum atomic E-state index is 0.800. The second-order valence-corrected chi connectivity index (χ2v) is 4.99. The van der Waals surface area contributed by atoms with Crippen LogP contribution in [0.2, 0.25) is 0 Å². The Hall–Kier alpha value is -0.820. The van der Waals surface area contributed by atoms with Gasteiger partial charge in [-0.05, 0) is 37.3 Å². The van der Waals surface area contributed by atoms with Gasteiger partial charge >= 0.3 is 0 Å². The number of hydrogen-bond acceptors (Lipinski definition) is 1. The van der Waals surface area contributed by atoms with E-state index in [1.54, 1.807) is 5.56 Å². The van der Waals surface area contributed by atoms with E-state index >= 15 is 0 Å². The lowest BCUT2D eigenvalue weighted by Gasteiger charge is -2.28. The molecule has 80 valence electrons. The first-order valence-electron chi connectivity index (χ1n) is 6.22. The van der Waals surface area contributed by atoms with Crippen LogP contribution >= 0.6 is 0 Å². The summed E-state index contributed by atoms with van der Waals surface area (Å²) in [5.41, 5.74) is 1.55. The number of fused-ring (bicyclic) bond motifs is 1. The summed E-state index contributed by atoms with van der Waals surface area (Å²) in [5.74, 6) is 0.800. The molecule has 1 aromatic rings. The fraction of sp³-hybridized carbons (Fsp3) is 0.571. The van der Waals surface area contributed by atoms with Crippen molar-refractivity contribution in [2.75, 3.05) is 13.1 Å². The first kappa shape index (κ1) is 9.41. The van der Waals surface area contributed by atoms with Gasteiger partial charge in [0.05, 0.1) is 0 Å². The lowest BCUT2D eigenvalue weighted by molar-refractivity contribution is 0.197. The maximum atomic E-state index is 2.71. The van der Waals surface area contributed by atoms with E-state index in [9.17, 15) is 0 Å². The normalized spacial score (nSPS) is 31.5. The van der Waals surface area contributed by atoms with Gasteiger partial charge in [-0.15, -0.1) is 0 Å². The van der Waals surface area contributed by atoms with Crippen molar-refractivity contribution < 1.29 is 0 Å². The summed E-state index contributed by atoms with van der Waals surface area (Å²) in [6.45, 7) is 2.64. The molecule has 1 heteroatoms. The van der Waals surface area contributed by atoms with Gasteiger partial charge in [-0.2, -0.15) is 0 Å². The van der Waals surface area contributed by atoms with Crippen LogP contribution in [0.15, 0.2) is 30.3 Å². The molecule has 2 aliphatic heterocycles. The molecule has 15 heavy (non-hydrogen) atoms. The summed E-state index contributed by atoms with van der Waals surface area (Å²) in [5, 5.41) is 0. The van der Waals surface area contributed by atoms with Crippen LogP contribution in [0.5, 0.6) is 0 Å². The Morgan fingerprint density at radius 1 is 1.07 bits per heavy atom. The Kier molecular flexibility index (Phi) is 2.49. The second-order valence-electron chi connectivity index (χ2n) is 4.99. The summed E-state index contributed by atoms with van der Waals surface area (Å²) < 4.78 is 0. The molecule has 0 unspecified atom stereocenters. The zero-order chi connectivity index (χ0) is 10.1. The highest BCUT2D eigenvalue weighted by atomic mass is 15.2. The van der Waals surface area contributed by atoms with Gasteiger partial charge in [-0.25, -0.2) is 0 Å². The first-order chi connectivity index (χ1) is 7.43. The highest BCUT2D eigenvalue weighted by molar-refractivity contribution is 5.21. The molecule has 1 nitrogen and oxygen atoms in total. The fourth-order valence-corrected chi connectivity index (χ4v) is 3.22. The molecule has 2 heterocycles. The molecule has 0 saturated carbocycles. The third-order valence-corrected chi connectivity index (χ3v) is 4.03. The average molecular weight is 201 g/mol. The minimum Gasteiger partial charge on any atom is -0.300 e. The van der Waals surface area contributed by atoms with Crippen LogP contribution in [0.1, 0.15) is 37.2 Å². The number of rotatable bonds is 1. The monoisotopic (exact) mass is 201 g/mol. The molecule has 2 fully saturated rings. The van der Waals surface area contributed by atoms with Gasteiger partial charge in [0.2, 0.25) is 0 Å². The van der Waals surface area contributed by atoms with Crippen LogP contribution in [0, 0.1) is 0 Å². The Morgan fingerprint density at radius 3 is 2.73 bits per heavy atom. The number of benzene rings is 1. The van der Waals surface area contributed by atoms with Crippen LogP contribution in [-0.4, -0.2) is 24.0 Å². The van der Waals surface area contributed by atoms with E-state index in [0.29, 0.717) is 0 Å². The summed E-state index contributed by atoms with van der Waals surface area (Å²) in [6, 6.07) is 11.9. The van der Waals surface area contributed by atoms with Crippen molar-refractivity contribution in [1.29, 1.82) is 0 Å². The van der Waals surface area contributed by atoms with Gasteiger partial charge < -0.3 is 0 Å².